The normalized spacial score (nSPS) is 16.7. The Morgan fingerprint density at radius 3 is 1.39 bits per heavy atom. The number of piperidine rings is 2. The van der Waals surface area contributed by atoms with Crippen molar-refractivity contribution in [3.05, 3.63) is 45.9 Å². The molecule has 0 spiro atoms. The molecule has 4 aliphatic heterocycles. The molecule has 4 aromatic heterocycles. The van der Waals surface area contributed by atoms with Crippen LogP contribution < -0.4 is 41.0 Å². The van der Waals surface area contributed by atoms with Crippen LogP contribution in [0, 0.1) is 22.7 Å². The Bertz CT molecular complexity index is 3480. The Morgan fingerprint density at radius 2 is 1.00 bits per heavy atom. The van der Waals surface area contributed by atoms with E-state index < -0.39 is 40.9 Å². The highest BCUT2D eigenvalue weighted by atomic mass is 79.9. The highest BCUT2D eigenvalue weighted by molar-refractivity contribution is 9.10. The number of hydrogen-bond donors (Lipinski definition) is 4. The fourth-order valence-corrected chi connectivity index (χ4v) is 12.8. The van der Waals surface area contributed by atoms with Gasteiger partial charge in [0, 0.05) is 63.4 Å². The minimum atomic E-state index is -1.00. The summed E-state index contributed by atoms with van der Waals surface area (Å²) in [5.74, 6) is 2.61. The Kier molecular flexibility index (Phi) is 19.6. The zero-order valence-electron chi connectivity index (χ0n) is 49.0. The summed E-state index contributed by atoms with van der Waals surface area (Å²) in [6, 6.07) is 6.37. The number of carbonyl (C=O) groups excluding carboxylic acids is 5. The van der Waals surface area contributed by atoms with Gasteiger partial charge < -0.3 is 64.7 Å². The molecule has 0 saturated carbocycles. The van der Waals surface area contributed by atoms with Crippen molar-refractivity contribution < 1.29 is 47.7 Å². The van der Waals surface area contributed by atoms with Crippen molar-refractivity contribution in [3.63, 3.8) is 0 Å². The van der Waals surface area contributed by atoms with Gasteiger partial charge in [0.05, 0.1) is 5.41 Å². The number of esters is 1. The molecule has 10 rings (SSSR count). The van der Waals surface area contributed by atoms with E-state index in [1.807, 2.05) is 49.9 Å². The average molecular weight is 1340 g/mol. The van der Waals surface area contributed by atoms with E-state index in [2.05, 4.69) is 71.6 Å². The molecule has 24 nitrogen and oxygen atoms in total. The van der Waals surface area contributed by atoms with Crippen molar-refractivity contribution in [2.24, 2.45) is 22.7 Å². The van der Waals surface area contributed by atoms with Crippen molar-refractivity contribution in [2.75, 3.05) is 64.1 Å². The van der Waals surface area contributed by atoms with Crippen LogP contribution in [0.15, 0.2) is 66.0 Å². The number of nitrogen functional groups attached to an aromatic ring is 2. The molecule has 4 amide bonds. The number of halogens is 2. The first-order chi connectivity index (χ1) is 40.3. The lowest BCUT2D eigenvalue weighted by Gasteiger charge is -2.34. The van der Waals surface area contributed by atoms with Gasteiger partial charge in [-0.1, -0.05) is 44.3 Å². The van der Waals surface area contributed by atoms with Crippen molar-refractivity contribution in [1.82, 2.24) is 59.5 Å². The molecule has 85 heavy (non-hydrogen) atoms. The largest absolute Gasteiger partial charge is 0.486 e. The van der Waals surface area contributed by atoms with Crippen LogP contribution in [-0.4, -0.2) is 149 Å². The Labute approximate surface area is 518 Å². The maximum absolute atomic E-state index is 13.2. The van der Waals surface area contributed by atoms with Gasteiger partial charge in [-0.3, -0.25) is 24.0 Å². The summed E-state index contributed by atoms with van der Waals surface area (Å²) in [5.41, 5.74) is 13.5. The highest BCUT2D eigenvalue weighted by Gasteiger charge is 2.34. The Morgan fingerprint density at radius 1 is 0.612 bits per heavy atom. The predicted octanol–water partition coefficient (Wildman–Crippen LogP) is 7.70. The summed E-state index contributed by atoms with van der Waals surface area (Å²) in [7, 11) is 0. The third-order valence-corrected chi connectivity index (χ3v) is 18.7. The maximum atomic E-state index is 13.2. The van der Waals surface area contributed by atoms with Crippen LogP contribution in [0.2, 0.25) is 0 Å². The molecule has 6 aromatic rings. The number of likely N-dealkylation sites (tertiary alicyclic amines) is 2. The highest BCUT2D eigenvalue weighted by Crippen LogP contribution is 2.45. The number of fused-ring (bicyclic) bond motifs is 4. The van der Waals surface area contributed by atoms with E-state index in [-0.39, 0.29) is 23.6 Å². The standard InChI is InChI=1S/C30H38BrN7O6S.C27H34BrN7O4S/c1-16(35-26(39)17(2)44-28(41)30(3,4)5)27(40)37-8-6-18(7-9-37)14-38-25-23(24(32)33-15-34-25)36-29(38)45-22-13-21-20(12-19(22)31)42-10-11-43-21;1-15(32-25(37)27(2,3)4)24(36)34-7-5-16(6-8-34)13-35-23-21(22(29)30-14-31-23)33-26(35)40-20-12-19-18(11-17(20)28)38-9-10-39-19/h12-13,15-18H,6-11,14H2,1-5H3,(H,35,39)(H2,32,33,34);11-12,14-16H,5-10,13H2,1-4H3,(H,32,37)(H2,29,30,31)/t16-,17-;15-/m11/s1. The van der Waals surface area contributed by atoms with E-state index in [9.17, 15) is 24.0 Å². The van der Waals surface area contributed by atoms with E-state index >= 15 is 0 Å². The van der Waals surface area contributed by atoms with Crippen LogP contribution in [0.25, 0.3) is 22.3 Å². The fourth-order valence-electron chi connectivity index (χ4n) is 9.79. The summed E-state index contributed by atoms with van der Waals surface area (Å²) in [6.07, 6.45) is 5.04. The van der Waals surface area contributed by atoms with Gasteiger partial charge in [-0.05, 0) is 135 Å². The SMILES string of the molecule is C[C@@H](NC(=O)C(C)(C)C)C(=O)N1CCC(Cn2c(Sc3cc4c(cc3Br)OCCO4)nc3c(N)ncnc32)CC1.C[C@@H](NC(=O)[C@@H](C)OC(=O)C(C)(C)C)C(=O)N1CCC(Cn2c(Sc3cc4c(cc3Br)OCCO4)nc3c(N)ncnc32)CC1. The van der Waals surface area contributed by atoms with Crippen LogP contribution in [0.4, 0.5) is 11.6 Å². The van der Waals surface area contributed by atoms with Gasteiger partial charge >= 0.3 is 5.97 Å². The van der Waals surface area contributed by atoms with Gasteiger partial charge in [0.1, 0.15) is 51.2 Å². The van der Waals surface area contributed by atoms with Crippen molar-refractivity contribution in [1.29, 1.82) is 0 Å². The fraction of sp³-hybridized carbons (Fsp3) is 0.526. The second-order valence-corrected chi connectivity index (χ2v) is 27.2. The Balaban J connectivity index is 0.000000205. The molecule has 2 saturated heterocycles. The number of imidazole rings is 2. The minimum Gasteiger partial charge on any atom is -0.486 e. The number of hydrogen-bond acceptors (Lipinski definition) is 20. The molecule has 0 unspecified atom stereocenters. The maximum Gasteiger partial charge on any atom is 0.311 e. The molecule has 8 heterocycles. The number of nitrogens with zero attached hydrogens (tertiary/aromatic N) is 10. The van der Waals surface area contributed by atoms with E-state index in [1.54, 1.807) is 39.5 Å². The third kappa shape index (κ3) is 15.0. The molecule has 4 aliphatic rings. The van der Waals surface area contributed by atoms with Crippen molar-refractivity contribution >= 4 is 119 Å². The second-order valence-electron chi connectivity index (χ2n) is 23.4. The van der Waals surface area contributed by atoms with Gasteiger partial charge in [-0.25, -0.2) is 29.9 Å². The predicted molar refractivity (Wildman–Crippen MR) is 326 cm³/mol. The first-order valence-corrected chi connectivity index (χ1v) is 31.4. The van der Waals surface area contributed by atoms with E-state index in [0.717, 1.165) is 49.6 Å². The monoisotopic (exact) mass is 1330 g/mol. The zero-order valence-corrected chi connectivity index (χ0v) is 53.8. The van der Waals surface area contributed by atoms with Crippen LogP contribution in [0.3, 0.4) is 0 Å². The summed E-state index contributed by atoms with van der Waals surface area (Å²) in [4.78, 5) is 95.7. The molecular formula is C57H72Br2N14O10S2. The smallest absolute Gasteiger partial charge is 0.311 e. The molecule has 2 aromatic carbocycles. The summed E-state index contributed by atoms with van der Waals surface area (Å²) in [5, 5.41) is 7.00. The summed E-state index contributed by atoms with van der Waals surface area (Å²) in [6.45, 7) is 21.2. The number of anilines is 2. The van der Waals surface area contributed by atoms with Gasteiger partial charge in [-0.2, -0.15) is 0 Å². The molecular weight excluding hydrogens is 1260 g/mol. The lowest BCUT2D eigenvalue weighted by Crippen LogP contribution is -2.51. The summed E-state index contributed by atoms with van der Waals surface area (Å²) < 4.78 is 34.1. The van der Waals surface area contributed by atoms with Crippen LogP contribution in [-0.2, 0) is 41.8 Å². The van der Waals surface area contributed by atoms with Crippen LogP contribution in [0.5, 0.6) is 23.0 Å². The number of rotatable bonds is 14. The van der Waals surface area contributed by atoms with Crippen molar-refractivity contribution in [2.45, 2.75) is 139 Å². The third-order valence-electron chi connectivity index (χ3n) is 14.8. The lowest BCUT2D eigenvalue weighted by molar-refractivity contribution is -0.162. The van der Waals surface area contributed by atoms with Gasteiger partial charge in [0.2, 0.25) is 17.7 Å². The molecule has 0 bridgehead atoms. The number of aromatic nitrogens is 8. The first-order valence-electron chi connectivity index (χ1n) is 28.2. The molecule has 0 aliphatic carbocycles. The van der Waals surface area contributed by atoms with Crippen LogP contribution >= 0.6 is 55.4 Å². The number of nitrogens with two attached hydrogens (primary N) is 2. The topological polar surface area (TPSA) is 301 Å². The van der Waals surface area contributed by atoms with Gasteiger partial charge in [0.25, 0.3) is 5.91 Å². The van der Waals surface area contributed by atoms with Crippen LogP contribution in [0.1, 0.15) is 88.0 Å². The van der Waals surface area contributed by atoms with Crippen molar-refractivity contribution in [3.8, 4) is 23.0 Å². The quantitative estimate of drug-likeness (QED) is 0.0759. The van der Waals surface area contributed by atoms with E-state index in [4.69, 9.17) is 45.1 Å². The van der Waals surface area contributed by atoms with E-state index in [0.29, 0.717) is 134 Å². The number of benzene rings is 2. The Hall–Kier alpha value is -6.65. The lowest BCUT2D eigenvalue weighted by atomic mass is 9.94. The minimum absolute atomic E-state index is 0.0515. The molecule has 456 valence electrons. The average Bonchev–Trinajstić information content (AvgIpc) is 3.10. The number of nitrogens with one attached hydrogen (secondary N) is 2. The number of ether oxygens (including phenoxy) is 5. The molecule has 3 atom stereocenters. The summed E-state index contributed by atoms with van der Waals surface area (Å²) >= 11 is 10.3. The second kappa shape index (κ2) is 26.5. The van der Waals surface area contributed by atoms with E-state index in [1.165, 1.54) is 43.1 Å². The van der Waals surface area contributed by atoms with Gasteiger partial charge in [-0.15, -0.1) is 0 Å². The first kappa shape index (κ1) is 62.9. The molecule has 0 radical (unpaired) electrons. The molecule has 6 N–H and O–H groups in total. The number of carbonyl (C=O) groups is 5. The molecule has 28 heteroatoms. The molecule has 2 fully saturated rings. The zero-order chi connectivity index (χ0) is 61.1. The van der Waals surface area contributed by atoms with Gasteiger partial charge in [0.15, 0.2) is 73.4 Å². The number of amides is 4.